The van der Waals surface area contributed by atoms with Crippen LogP contribution in [-0.4, -0.2) is 18.1 Å². The quantitative estimate of drug-likeness (QED) is 0.827. The molecule has 3 nitrogen and oxygen atoms in total. The van der Waals surface area contributed by atoms with E-state index >= 15 is 0 Å². The van der Waals surface area contributed by atoms with Gasteiger partial charge < -0.3 is 10.1 Å². The van der Waals surface area contributed by atoms with Gasteiger partial charge in [-0.2, -0.15) is 0 Å². The molecule has 0 atom stereocenters. The predicted octanol–water partition coefficient (Wildman–Crippen LogP) is 2.81. The molecule has 1 N–H and O–H groups in total. The van der Waals surface area contributed by atoms with Gasteiger partial charge in [0.2, 0.25) is 0 Å². The van der Waals surface area contributed by atoms with Gasteiger partial charge in [0.15, 0.2) is 0 Å². The summed E-state index contributed by atoms with van der Waals surface area (Å²) in [7, 11) is 0. The van der Waals surface area contributed by atoms with Crippen LogP contribution in [0.5, 0.6) is 5.75 Å². The maximum atomic E-state index is 5.78. The largest absolute Gasteiger partial charge is 0.493 e. The zero-order valence-electron chi connectivity index (χ0n) is 11.3. The normalized spacial score (nSPS) is 10.4. The second kappa shape index (κ2) is 7.54. The summed E-state index contributed by atoms with van der Waals surface area (Å²) < 4.78 is 5.78. The van der Waals surface area contributed by atoms with Crippen molar-refractivity contribution >= 4 is 0 Å². The number of nitrogens with one attached hydrogen (secondary N) is 1. The molecule has 0 spiro atoms. The molecule has 0 aliphatic rings. The Labute approximate surface area is 114 Å². The summed E-state index contributed by atoms with van der Waals surface area (Å²) in [5.41, 5.74) is 2.45. The Bertz CT molecular complexity index is 485. The summed E-state index contributed by atoms with van der Waals surface area (Å²) in [5, 5.41) is 3.31. The van der Waals surface area contributed by atoms with E-state index in [4.69, 9.17) is 4.74 Å². The van der Waals surface area contributed by atoms with E-state index in [-0.39, 0.29) is 0 Å². The van der Waals surface area contributed by atoms with Crippen molar-refractivity contribution < 1.29 is 4.74 Å². The molecular formula is C16H20N2O. The molecular weight excluding hydrogens is 236 g/mol. The van der Waals surface area contributed by atoms with Crippen LogP contribution in [0, 0.1) is 0 Å². The van der Waals surface area contributed by atoms with Crippen molar-refractivity contribution in [2.24, 2.45) is 0 Å². The molecule has 0 saturated carbocycles. The Hall–Kier alpha value is -1.87. The molecule has 1 heterocycles. The van der Waals surface area contributed by atoms with Gasteiger partial charge in [-0.15, -0.1) is 0 Å². The van der Waals surface area contributed by atoms with Gasteiger partial charge in [-0.3, -0.25) is 4.98 Å². The minimum atomic E-state index is 0.677. The summed E-state index contributed by atoms with van der Waals surface area (Å²) in [6.07, 6.45) is 4.55. The van der Waals surface area contributed by atoms with E-state index in [0.29, 0.717) is 6.61 Å². The molecule has 1 aromatic carbocycles. The molecule has 0 radical (unpaired) electrons. The van der Waals surface area contributed by atoms with Crippen LogP contribution in [0.1, 0.15) is 18.1 Å². The van der Waals surface area contributed by atoms with E-state index in [1.807, 2.05) is 24.4 Å². The van der Waals surface area contributed by atoms with Crippen molar-refractivity contribution in [3.8, 4) is 5.75 Å². The lowest BCUT2D eigenvalue weighted by Gasteiger charge is -2.08. The van der Waals surface area contributed by atoms with E-state index in [0.717, 1.165) is 25.3 Å². The van der Waals surface area contributed by atoms with Crippen LogP contribution in [0.2, 0.25) is 0 Å². The smallest absolute Gasteiger partial charge is 0.119 e. The minimum Gasteiger partial charge on any atom is -0.493 e. The lowest BCUT2D eigenvalue weighted by molar-refractivity contribution is 0.321. The zero-order chi connectivity index (χ0) is 13.3. The molecule has 19 heavy (non-hydrogen) atoms. The molecule has 100 valence electrons. The van der Waals surface area contributed by atoms with Gasteiger partial charge >= 0.3 is 0 Å². The molecule has 2 aromatic rings. The van der Waals surface area contributed by atoms with E-state index in [2.05, 4.69) is 35.4 Å². The lowest BCUT2D eigenvalue weighted by atomic mass is 10.2. The van der Waals surface area contributed by atoms with Gasteiger partial charge in [0.25, 0.3) is 0 Å². The van der Waals surface area contributed by atoms with Crippen molar-refractivity contribution in [1.29, 1.82) is 0 Å². The van der Waals surface area contributed by atoms with Crippen LogP contribution in [-0.2, 0) is 13.0 Å². The highest BCUT2D eigenvalue weighted by atomic mass is 16.5. The van der Waals surface area contributed by atoms with Crippen molar-refractivity contribution in [3.05, 3.63) is 59.9 Å². The average Bonchev–Trinajstić information content (AvgIpc) is 2.47. The van der Waals surface area contributed by atoms with E-state index in [9.17, 15) is 0 Å². The Morgan fingerprint density at radius 2 is 2.05 bits per heavy atom. The number of nitrogens with zero attached hydrogens (tertiary/aromatic N) is 1. The molecule has 1 aromatic heterocycles. The first-order chi connectivity index (χ1) is 9.38. The van der Waals surface area contributed by atoms with Crippen LogP contribution in [0.15, 0.2) is 48.8 Å². The first-order valence-electron chi connectivity index (χ1n) is 6.70. The third kappa shape index (κ3) is 4.72. The minimum absolute atomic E-state index is 0.677. The SMILES string of the molecule is CCNCc1cccc(OCCc2cccnc2)c1. The van der Waals surface area contributed by atoms with Gasteiger partial charge in [-0.1, -0.05) is 25.1 Å². The fraction of sp³-hybridized carbons (Fsp3) is 0.312. The maximum absolute atomic E-state index is 5.78. The average molecular weight is 256 g/mol. The Balaban J connectivity index is 1.82. The Kier molecular flexibility index (Phi) is 5.38. The lowest BCUT2D eigenvalue weighted by Crippen LogP contribution is -2.11. The summed E-state index contributed by atoms with van der Waals surface area (Å²) in [6.45, 7) is 4.65. The Morgan fingerprint density at radius 1 is 1.16 bits per heavy atom. The van der Waals surface area contributed by atoms with Crippen LogP contribution in [0.3, 0.4) is 0 Å². The van der Waals surface area contributed by atoms with Gasteiger partial charge in [0.05, 0.1) is 6.61 Å². The standard InChI is InChI=1S/C16H20N2O/c1-2-17-13-15-5-3-7-16(11-15)19-10-8-14-6-4-9-18-12-14/h3-7,9,11-12,17H,2,8,10,13H2,1H3. The molecule has 2 rings (SSSR count). The summed E-state index contributed by atoms with van der Waals surface area (Å²) >= 11 is 0. The third-order valence-corrected chi connectivity index (χ3v) is 2.86. The van der Waals surface area contributed by atoms with Crippen molar-refractivity contribution in [1.82, 2.24) is 10.3 Å². The molecule has 3 heteroatoms. The van der Waals surface area contributed by atoms with E-state index in [1.165, 1.54) is 11.1 Å². The monoisotopic (exact) mass is 256 g/mol. The molecule has 0 bridgehead atoms. The first-order valence-corrected chi connectivity index (χ1v) is 6.70. The first kappa shape index (κ1) is 13.6. The van der Waals surface area contributed by atoms with Crippen LogP contribution < -0.4 is 10.1 Å². The molecule has 0 aliphatic carbocycles. The second-order valence-electron chi connectivity index (χ2n) is 4.39. The Morgan fingerprint density at radius 3 is 2.84 bits per heavy atom. The number of rotatable bonds is 7. The van der Waals surface area contributed by atoms with Crippen molar-refractivity contribution in [3.63, 3.8) is 0 Å². The third-order valence-electron chi connectivity index (χ3n) is 2.86. The fourth-order valence-corrected chi connectivity index (χ4v) is 1.85. The fourth-order valence-electron chi connectivity index (χ4n) is 1.85. The number of aromatic nitrogens is 1. The molecule has 0 amide bonds. The molecule has 0 saturated heterocycles. The van der Waals surface area contributed by atoms with Gasteiger partial charge in [-0.25, -0.2) is 0 Å². The second-order valence-corrected chi connectivity index (χ2v) is 4.39. The number of hydrogen-bond acceptors (Lipinski definition) is 3. The highest BCUT2D eigenvalue weighted by Crippen LogP contribution is 2.13. The highest BCUT2D eigenvalue weighted by molar-refractivity contribution is 5.28. The zero-order valence-corrected chi connectivity index (χ0v) is 11.3. The number of hydrogen-bond donors (Lipinski definition) is 1. The van der Waals surface area contributed by atoms with Gasteiger partial charge in [0, 0.05) is 25.4 Å². The summed E-state index contributed by atoms with van der Waals surface area (Å²) in [4.78, 5) is 4.09. The summed E-state index contributed by atoms with van der Waals surface area (Å²) in [6, 6.07) is 12.2. The number of pyridine rings is 1. The maximum Gasteiger partial charge on any atom is 0.119 e. The topological polar surface area (TPSA) is 34.1 Å². The number of benzene rings is 1. The van der Waals surface area contributed by atoms with Crippen LogP contribution in [0.25, 0.3) is 0 Å². The molecule has 0 fully saturated rings. The van der Waals surface area contributed by atoms with Crippen LogP contribution in [0.4, 0.5) is 0 Å². The molecule has 0 aliphatic heterocycles. The van der Waals surface area contributed by atoms with Crippen molar-refractivity contribution in [2.75, 3.05) is 13.2 Å². The van der Waals surface area contributed by atoms with E-state index < -0.39 is 0 Å². The van der Waals surface area contributed by atoms with Crippen LogP contribution >= 0.6 is 0 Å². The predicted molar refractivity (Wildman–Crippen MR) is 77.3 cm³/mol. The number of ether oxygens (including phenoxy) is 1. The van der Waals surface area contributed by atoms with Gasteiger partial charge in [0.1, 0.15) is 5.75 Å². The van der Waals surface area contributed by atoms with Gasteiger partial charge in [-0.05, 0) is 35.9 Å². The van der Waals surface area contributed by atoms with Crippen molar-refractivity contribution in [2.45, 2.75) is 19.9 Å². The highest BCUT2D eigenvalue weighted by Gasteiger charge is 1.98. The van der Waals surface area contributed by atoms with E-state index in [1.54, 1.807) is 6.20 Å². The summed E-state index contributed by atoms with van der Waals surface area (Å²) in [5.74, 6) is 0.930. The molecule has 0 unspecified atom stereocenters.